The predicted octanol–water partition coefficient (Wildman–Crippen LogP) is 5.93. The maximum Gasteiger partial charge on any atom is 0.311 e. The third-order valence-electron chi connectivity index (χ3n) is 2.14. The van der Waals surface area contributed by atoms with Crippen molar-refractivity contribution >= 4 is 51.1 Å². The van der Waals surface area contributed by atoms with Crippen LogP contribution in [0.2, 0.25) is 98.2 Å². The smallest absolute Gasteiger partial charge is 0.311 e. The van der Waals surface area contributed by atoms with E-state index in [1.54, 1.807) is 0 Å². The molecule has 0 bridgehead atoms. The van der Waals surface area contributed by atoms with Crippen molar-refractivity contribution in [3.05, 3.63) is 0 Å². The third-order valence-corrected chi connectivity index (χ3v) is 19.3. The second-order valence-corrected chi connectivity index (χ2v) is 35.2. The molecule has 0 aromatic heterocycles. The Morgan fingerprint density at radius 2 is 0.680 bits per heavy atom. The van der Waals surface area contributed by atoms with E-state index in [9.17, 15) is 0 Å². The van der Waals surface area contributed by atoms with Crippen molar-refractivity contribution in [1.82, 2.24) is 0 Å². The Hall–Kier alpha value is 1.14. The van der Waals surface area contributed by atoms with Crippen LogP contribution in [0.3, 0.4) is 0 Å². The molecule has 10 heteroatoms. The highest BCUT2D eigenvalue weighted by molar-refractivity contribution is 6.87. The van der Waals surface area contributed by atoms with Crippen molar-refractivity contribution in [2.24, 2.45) is 0 Å². The van der Waals surface area contributed by atoms with Gasteiger partial charge < -0.3 is 16.5 Å². The molecule has 25 heavy (non-hydrogen) atoms. The standard InChI is InChI=1S/C8H24O2Si3.C7H22O2Si3/c1-11(2,3)9-13(7,8)10-12(4,5)6;1-10(8-11(2,3)4)9-12(5,6)7/h1-8H3;10H,1-7H3. The molecule has 0 fully saturated rings. The minimum atomic E-state index is -1.85. The maximum atomic E-state index is 6.09. The maximum absolute atomic E-state index is 6.09. The highest BCUT2D eigenvalue weighted by Gasteiger charge is 2.35. The van der Waals surface area contributed by atoms with Gasteiger partial charge in [-0.15, -0.1) is 0 Å². The lowest BCUT2D eigenvalue weighted by Gasteiger charge is -2.35. The molecule has 0 radical (unpaired) electrons. The average Bonchev–Trinajstić information content (AvgIpc) is 1.99. The van der Waals surface area contributed by atoms with Crippen LogP contribution in [-0.2, 0) is 16.5 Å². The summed E-state index contributed by atoms with van der Waals surface area (Å²) < 4.78 is 24.0. The van der Waals surface area contributed by atoms with E-state index in [-0.39, 0.29) is 0 Å². The first-order valence-corrected chi connectivity index (χ1v) is 27.8. The molecule has 0 saturated heterocycles. The first-order valence-electron chi connectivity index (χ1n) is 9.27. The summed E-state index contributed by atoms with van der Waals surface area (Å²) >= 11 is 0. The van der Waals surface area contributed by atoms with Crippen LogP contribution in [-0.4, -0.2) is 51.1 Å². The largest absolute Gasteiger partial charge is 0.439 e. The zero-order valence-corrected chi connectivity index (χ0v) is 25.9. The Kier molecular flexibility index (Phi) is 11.4. The fourth-order valence-electron chi connectivity index (χ4n) is 2.52. The minimum Gasteiger partial charge on any atom is -0.439 e. The molecule has 0 amide bonds. The molecule has 0 atom stereocenters. The molecule has 0 aromatic carbocycles. The molecule has 0 heterocycles. The van der Waals surface area contributed by atoms with Crippen molar-refractivity contribution < 1.29 is 16.5 Å². The predicted molar refractivity (Wildman–Crippen MR) is 128 cm³/mol. The van der Waals surface area contributed by atoms with Crippen LogP contribution in [0.4, 0.5) is 0 Å². The summed E-state index contributed by atoms with van der Waals surface area (Å²) in [4.78, 5) is 0. The molecular formula is C15H46O4Si6. The van der Waals surface area contributed by atoms with E-state index in [4.69, 9.17) is 16.5 Å². The van der Waals surface area contributed by atoms with Gasteiger partial charge in [0.1, 0.15) is 0 Å². The van der Waals surface area contributed by atoms with Gasteiger partial charge in [0.15, 0.2) is 33.3 Å². The van der Waals surface area contributed by atoms with Crippen molar-refractivity contribution in [3.63, 3.8) is 0 Å². The van der Waals surface area contributed by atoms with Crippen LogP contribution in [0.1, 0.15) is 0 Å². The Bertz CT molecular complexity index is 343. The monoisotopic (exact) mass is 458 g/mol. The van der Waals surface area contributed by atoms with Gasteiger partial charge in [-0.25, -0.2) is 0 Å². The van der Waals surface area contributed by atoms with Gasteiger partial charge in [0, 0.05) is 0 Å². The summed E-state index contributed by atoms with van der Waals surface area (Å²) in [5.74, 6) is 0. The van der Waals surface area contributed by atoms with Crippen molar-refractivity contribution in [2.75, 3.05) is 0 Å². The van der Waals surface area contributed by atoms with Gasteiger partial charge in [-0.1, -0.05) is 0 Å². The SMILES string of the molecule is C[SiH](O[Si](C)(C)C)O[Si](C)(C)C.C[Si](C)(C)O[Si](C)(C)O[Si](C)(C)C. The van der Waals surface area contributed by atoms with E-state index < -0.39 is 51.1 Å². The Morgan fingerprint density at radius 3 is 0.840 bits per heavy atom. The lowest BCUT2D eigenvalue weighted by Crippen LogP contribution is -2.50. The van der Waals surface area contributed by atoms with E-state index in [0.29, 0.717) is 0 Å². The Morgan fingerprint density at radius 1 is 0.440 bits per heavy atom. The highest BCUT2D eigenvalue weighted by Crippen LogP contribution is 2.19. The first-order chi connectivity index (χ1) is 10.5. The summed E-state index contributed by atoms with van der Waals surface area (Å²) in [6, 6.07) is 0. The molecule has 0 saturated carbocycles. The first kappa shape index (κ1) is 28.4. The van der Waals surface area contributed by atoms with Crippen molar-refractivity contribution in [2.45, 2.75) is 98.2 Å². The van der Waals surface area contributed by atoms with Gasteiger partial charge in [0.2, 0.25) is 0 Å². The summed E-state index contributed by atoms with van der Waals surface area (Å²) in [6.07, 6.45) is 0. The lowest BCUT2D eigenvalue weighted by molar-refractivity contribution is 0.395. The van der Waals surface area contributed by atoms with Crippen LogP contribution in [0.15, 0.2) is 0 Å². The highest BCUT2D eigenvalue weighted by atomic mass is 28.5. The van der Waals surface area contributed by atoms with E-state index in [1.807, 2.05) is 0 Å². The lowest BCUT2D eigenvalue weighted by atomic mass is 11.8. The molecule has 154 valence electrons. The Balaban J connectivity index is 0. The van der Waals surface area contributed by atoms with Crippen LogP contribution >= 0.6 is 0 Å². The normalized spacial score (nSPS) is 14.4. The van der Waals surface area contributed by atoms with E-state index in [1.165, 1.54) is 0 Å². The van der Waals surface area contributed by atoms with Gasteiger partial charge >= 0.3 is 8.56 Å². The number of hydrogen-bond donors (Lipinski definition) is 0. The van der Waals surface area contributed by atoms with Gasteiger partial charge in [-0.2, -0.15) is 0 Å². The summed E-state index contributed by atoms with van der Waals surface area (Å²) in [6.45, 7) is 33.0. The van der Waals surface area contributed by atoms with E-state index in [2.05, 4.69) is 98.2 Å². The zero-order chi connectivity index (χ0) is 20.9. The molecular weight excluding hydrogens is 413 g/mol. The fourth-order valence-corrected chi connectivity index (χ4v) is 23.4. The Labute approximate surface area is 165 Å². The summed E-state index contributed by atoms with van der Waals surface area (Å²) in [5, 5.41) is 0. The summed E-state index contributed by atoms with van der Waals surface area (Å²) in [5.41, 5.74) is 0. The van der Waals surface area contributed by atoms with Crippen LogP contribution < -0.4 is 0 Å². The third kappa shape index (κ3) is 25.1. The van der Waals surface area contributed by atoms with Crippen LogP contribution in [0.25, 0.3) is 0 Å². The van der Waals surface area contributed by atoms with Gasteiger partial charge in [-0.3, -0.25) is 0 Å². The molecule has 4 nitrogen and oxygen atoms in total. The number of hydrogen-bond acceptors (Lipinski definition) is 4. The van der Waals surface area contributed by atoms with Crippen LogP contribution in [0.5, 0.6) is 0 Å². The second-order valence-electron chi connectivity index (χ2n) is 10.9. The second kappa shape index (κ2) is 10.1. The van der Waals surface area contributed by atoms with Crippen molar-refractivity contribution in [1.29, 1.82) is 0 Å². The van der Waals surface area contributed by atoms with Gasteiger partial charge in [0.25, 0.3) is 9.28 Å². The van der Waals surface area contributed by atoms with E-state index in [0.717, 1.165) is 0 Å². The van der Waals surface area contributed by atoms with Crippen LogP contribution in [0, 0.1) is 0 Å². The van der Waals surface area contributed by atoms with Gasteiger partial charge in [0.05, 0.1) is 0 Å². The summed E-state index contributed by atoms with van der Waals surface area (Å²) in [7, 11) is -8.77. The molecule has 0 rings (SSSR count). The fraction of sp³-hybridized carbons (Fsp3) is 1.00. The topological polar surface area (TPSA) is 36.9 Å². The van der Waals surface area contributed by atoms with Gasteiger partial charge in [-0.05, 0) is 98.2 Å². The van der Waals surface area contributed by atoms with Crippen molar-refractivity contribution in [3.8, 4) is 0 Å². The number of rotatable bonds is 8. The molecule has 0 aliphatic carbocycles. The average molecular weight is 459 g/mol. The zero-order valence-electron chi connectivity index (χ0n) is 19.7. The molecule has 0 aliphatic rings. The molecule has 0 aromatic rings. The minimum absolute atomic E-state index is 1.33. The van der Waals surface area contributed by atoms with E-state index >= 15 is 0 Å². The molecule has 0 aliphatic heterocycles. The molecule has 0 spiro atoms. The molecule has 0 N–H and O–H groups in total. The quantitative estimate of drug-likeness (QED) is 0.422. The molecule has 0 unspecified atom stereocenters.